The maximum absolute atomic E-state index is 13.3. The second-order valence-electron chi connectivity index (χ2n) is 8.63. The number of anilines is 2. The Labute approximate surface area is 214 Å². The van der Waals surface area contributed by atoms with Gasteiger partial charge >= 0.3 is 0 Å². The van der Waals surface area contributed by atoms with Crippen LogP contribution in [-0.4, -0.2) is 78.9 Å². The van der Waals surface area contributed by atoms with E-state index in [-0.39, 0.29) is 36.4 Å². The molecule has 0 aliphatic carbocycles. The molecule has 11 heteroatoms. The lowest BCUT2D eigenvalue weighted by molar-refractivity contribution is -0.136. The highest BCUT2D eigenvalue weighted by Crippen LogP contribution is 2.34. The van der Waals surface area contributed by atoms with Gasteiger partial charge in [0.05, 0.1) is 30.0 Å². The predicted octanol–water partition coefficient (Wildman–Crippen LogP) is 1.96. The van der Waals surface area contributed by atoms with Crippen molar-refractivity contribution in [3.8, 4) is 5.75 Å². The average molecular weight is 515 g/mol. The van der Waals surface area contributed by atoms with Crippen molar-refractivity contribution in [3.63, 3.8) is 0 Å². The minimum Gasteiger partial charge on any atom is -0.492 e. The zero-order valence-electron chi connectivity index (χ0n) is 19.5. The number of hydrogen-bond donors (Lipinski definition) is 2. The lowest BCUT2D eigenvalue weighted by atomic mass is 10.0. The molecule has 10 nitrogen and oxygen atoms in total. The van der Waals surface area contributed by atoms with Crippen molar-refractivity contribution in [2.75, 3.05) is 44.8 Å². The van der Waals surface area contributed by atoms with Crippen LogP contribution in [0.1, 0.15) is 33.6 Å². The van der Waals surface area contributed by atoms with E-state index in [0.717, 1.165) is 37.7 Å². The molecule has 4 amide bonds. The third kappa shape index (κ3) is 5.20. The minimum absolute atomic E-state index is 0. The lowest BCUT2D eigenvalue weighted by Gasteiger charge is -2.27. The molecule has 0 radical (unpaired) electrons. The van der Waals surface area contributed by atoms with Crippen LogP contribution in [0.25, 0.3) is 0 Å². The minimum atomic E-state index is -1.00. The Bertz CT molecular complexity index is 1180. The van der Waals surface area contributed by atoms with Crippen LogP contribution in [-0.2, 0) is 14.3 Å². The highest BCUT2D eigenvalue weighted by molar-refractivity contribution is 6.25. The Hall–Kier alpha value is -3.47. The molecule has 2 fully saturated rings. The summed E-state index contributed by atoms with van der Waals surface area (Å²) < 4.78 is 11.3. The van der Waals surface area contributed by atoms with E-state index in [0.29, 0.717) is 23.7 Å². The van der Waals surface area contributed by atoms with E-state index < -0.39 is 29.7 Å². The summed E-state index contributed by atoms with van der Waals surface area (Å²) in [5.74, 6) is -1.45. The molecule has 0 spiro atoms. The van der Waals surface area contributed by atoms with Gasteiger partial charge in [0.15, 0.2) is 0 Å². The van der Waals surface area contributed by atoms with Crippen LogP contribution in [0, 0.1) is 0 Å². The summed E-state index contributed by atoms with van der Waals surface area (Å²) in [6, 6.07) is 11.3. The summed E-state index contributed by atoms with van der Waals surface area (Å²) in [6.07, 6.45) is 0.190. The number of nitrogens with one attached hydrogen (secondary N) is 2. The number of piperidine rings is 1. The highest BCUT2D eigenvalue weighted by atomic mass is 35.5. The number of carbonyl (C=O) groups excluding carboxylic acids is 4. The molecule has 2 aromatic carbocycles. The molecule has 2 aromatic rings. The maximum Gasteiger partial charge on any atom is 0.264 e. The first-order valence-electron chi connectivity index (χ1n) is 11.7. The first-order valence-corrected chi connectivity index (χ1v) is 11.7. The van der Waals surface area contributed by atoms with Gasteiger partial charge in [-0.1, -0.05) is 12.1 Å². The first kappa shape index (κ1) is 25.6. The number of ether oxygens (including phenoxy) is 2. The van der Waals surface area contributed by atoms with E-state index in [1.807, 2.05) is 24.3 Å². The molecule has 0 bridgehead atoms. The van der Waals surface area contributed by atoms with Crippen molar-refractivity contribution in [2.45, 2.75) is 18.9 Å². The zero-order valence-corrected chi connectivity index (χ0v) is 20.3. The average Bonchev–Trinajstić information content (AvgIpc) is 3.11. The molecule has 1 atom stereocenters. The number of halogens is 1. The van der Waals surface area contributed by atoms with E-state index in [1.165, 1.54) is 0 Å². The van der Waals surface area contributed by atoms with Gasteiger partial charge in [-0.15, -0.1) is 12.4 Å². The fourth-order valence-corrected chi connectivity index (χ4v) is 4.56. The number of imide groups is 2. The Morgan fingerprint density at radius 3 is 2.58 bits per heavy atom. The summed E-state index contributed by atoms with van der Waals surface area (Å²) in [7, 11) is 0. The number of benzene rings is 2. The third-order valence-electron chi connectivity index (χ3n) is 6.36. The second-order valence-corrected chi connectivity index (χ2v) is 8.63. The molecule has 36 heavy (non-hydrogen) atoms. The molecular formula is C25H27ClN4O6. The van der Waals surface area contributed by atoms with Crippen LogP contribution in [0.4, 0.5) is 11.4 Å². The quantitative estimate of drug-likeness (QED) is 0.539. The van der Waals surface area contributed by atoms with Gasteiger partial charge in [0, 0.05) is 37.8 Å². The number of nitrogens with zero attached hydrogens (tertiary/aromatic N) is 2. The van der Waals surface area contributed by atoms with Crippen LogP contribution in [0.5, 0.6) is 5.75 Å². The summed E-state index contributed by atoms with van der Waals surface area (Å²) in [5, 5.41) is 5.43. The van der Waals surface area contributed by atoms with Gasteiger partial charge in [0.25, 0.3) is 11.8 Å². The molecule has 3 heterocycles. The largest absolute Gasteiger partial charge is 0.492 e. The summed E-state index contributed by atoms with van der Waals surface area (Å²) in [4.78, 5) is 53.4. The van der Waals surface area contributed by atoms with E-state index >= 15 is 0 Å². The first-order chi connectivity index (χ1) is 17.0. The van der Waals surface area contributed by atoms with Gasteiger partial charge in [-0.3, -0.25) is 34.3 Å². The van der Waals surface area contributed by atoms with Gasteiger partial charge in [0.2, 0.25) is 11.8 Å². The molecule has 2 N–H and O–H groups in total. The van der Waals surface area contributed by atoms with E-state index in [1.54, 1.807) is 18.2 Å². The Balaban J connectivity index is 0.00000304. The normalized spacial score (nSPS) is 20.0. The van der Waals surface area contributed by atoms with Gasteiger partial charge in [0.1, 0.15) is 18.4 Å². The van der Waals surface area contributed by atoms with E-state index in [9.17, 15) is 19.2 Å². The number of rotatable bonds is 7. The van der Waals surface area contributed by atoms with Gasteiger partial charge in [-0.2, -0.15) is 0 Å². The van der Waals surface area contributed by atoms with E-state index in [4.69, 9.17) is 9.47 Å². The summed E-state index contributed by atoms with van der Waals surface area (Å²) in [5.41, 5.74) is 1.59. The molecular weight excluding hydrogens is 488 g/mol. The maximum atomic E-state index is 13.3. The molecule has 0 saturated carbocycles. The van der Waals surface area contributed by atoms with E-state index in [2.05, 4.69) is 15.5 Å². The third-order valence-corrected chi connectivity index (χ3v) is 6.36. The molecule has 1 unspecified atom stereocenters. The SMILES string of the molecule is Cl.O=C1CCC(N2C(=O)c3cccc(Nc4cccc(OCCN5CCOCC5)c4)c3C2=O)C(=O)N1. The summed E-state index contributed by atoms with van der Waals surface area (Å²) >= 11 is 0. The van der Waals surface area contributed by atoms with Gasteiger partial charge in [-0.05, 0) is 30.7 Å². The van der Waals surface area contributed by atoms with Crippen LogP contribution in [0.15, 0.2) is 42.5 Å². The predicted molar refractivity (Wildman–Crippen MR) is 133 cm³/mol. The standard InChI is InChI=1S/C25H26N4O6.ClH/c30-21-8-7-20(23(31)27-21)29-24(32)18-5-2-6-19(22(18)25(29)33)26-16-3-1-4-17(15-16)35-14-11-28-9-12-34-13-10-28;/h1-6,15,20,26H,7-14H2,(H,27,30,31);1H. The van der Waals surface area contributed by atoms with Crippen molar-refractivity contribution in [2.24, 2.45) is 0 Å². The highest BCUT2D eigenvalue weighted by Gasteiger charge is 2.45. The molecule has 2 saturated heterocycles. The fraction of sp³-hybridized carbons (Fsp3) is 0.360. The molecule has 0 aromatic heterocycles. The molecule has 190 valence electrons. The topological polar surface area (TPSA) is 117 Å². The van der Waals surface area contributed by atoms with Crippen LogP contribution < -0.4 is 15.4 Å². The van der Waals surface area contributed by atoms with Crippen LogP contribution in [0.2, 0.25) is 0 Å². The fourth-order valence-electron chi connectivity index (χ4n) is 4.56. The van der Waals surface area contributed by atoms with Crippen molar-refractivity contribution < 1.29 is 28.7 Å². The monoisotopic (exact) mass is 514 g/mol. The molecule has 5 rings (SSSR count). The van der Waals surface area contributed by atoms with Crippen molar-refractivity contribution in [1.82, 2.24) is 15.1 Å². The lowest BCUT2D eigenvalue weighted by Crippen LogP contribution is -2.54. The number of amides is 4. The Morgan fingerprint density at radius 1 is 1.03 bits per heavy atom. The molecule has 3 aliphatic heterocycles. The van der Waals surface area contributed by atoms with Crippen molar-refractivity contribution in [1.29, 1.82) is 0 Å². The van der Waals surface area contributed by atoms with Gasteiger partial charge < -0.3 is 14.8 Å². The van der Waals surface area contributed by atoms with Crippen LogP contribution in [0.3, 0.4) is 0 Å². The second kappa shape index (κ2) is 11.1. The van der Waals surface area contributed by atoms with Crippen molar-refractivity contribution >= 4 is 47.4 Å². The zero-order chi connectivity index (χ0) is 24.4. The van der Waals surface area contributed by atoms with Gasteiger partial charge in [-0.25, -0.2) is 0 Å². The number of morpholine rings is 1. The Kier molecular flexibility index (Phi) is 7.88. The number of fused-ring (bicyclic) bond motifs is 1. The summed E-state index contributed by atoms with van der Waals surface area (Å²) in [6.45, 7) is 4.61. The number of carbonyl (C=O) groups is 4. The smallest absolute Gasteiger partial charge is 0.264 e. The molecule has 3 aliphatic rings. The Morgan fingerprint density at radius 2 is 1.81 bits per heavy atom. The van der Waals surface area contributed by atoms with Crippen LogP contribution >= 0.6 is 12.4 Å². The number of hydrogen-bond acceptors (Lipinski definition) is 8. The van der Waals surface area contributed by atoms with Crippen molar-refractivity contribution in [3.05, 3.63) is 53.6 Å².